The van der Waals surface area contributed by atoms with E-state index in [0.29, 0.717) is 24.6 Å². The maximum absolute atomic E-state index is 13.0. The summed E-state index contributed by atoms with van der Waals surface area (Å²) in [5.74, 6) is 0.762. The SMILES string of the molecule is CC=C(Oc1ccc2[nH]c(=O)ccc2c1)C(=O)N1CCN(c2ccccc2)CC1. The summed E-state index contributed by atoms with van der Waals surface area (Å²) >= 11 is 0. The van der Waals surface area contributed by atoms with Gasteiger partial charge in [0.2, 0.25) is 5.56 Å². The average molecular weight is 389 g/mol. The van der Waals surface area contributed by atoms with Crippen molar-refractivity contribution in [1.29, 1.82) is 0 Å². The van der Waals surface area contributed by atoms with E-state index in [0.717, 1.165) is 24.0 Å². The second kappa shape index (κ2) is 8.22. The molecule has 0 radical (unpaired) electrons. The van der Waals surface area contributed by atoms with Gasteiger partial charge in [0, 0.05) is 48.8 Å². The van der Waals surface area contributed by atoms with Crippen molar-refractivity contribution in [1.82, 2.24) is 9.88 Å². The number of piperazine rings is 1. The van der Waals surface area contributed by atoms with E-state index in [1.807, 2.05) is 29.2 Å². The highest BCUT2D eigenvalue weighted by molar-refractivity contribution is 5.92. The van der Waals surface area contributed by atoms with Crippen molar-refractivity contribution in [2.24, 2.45) is 0 Å². The molecule has 1 fully saturated rings. The van der Waals surface area contributed by atoms with E-state index in [4.69, 9.17) is 4.74 Å². The number of nitrogens with one attached hydrogen (secondary N) is 1. The molecule has 0 atom stereocenters. The zero-order chi connectivity index (χ0) is 20.2. The molecule has 1 saturated heterocycles. The molecule has 0 bridgehead atoms. The lowest BCUT2D eigenvalue weighted by Gasteiger charge is -2.36. The molecule has 0 saturated carbocycles. The van der Waals surface area contributed by atoms with Gasteiger partial charge in [0.15, 0.2) is 5.76 Å². The number of hydrogen-bond acceptors (Lipinski definition) is 4. The largest absolute Gasteiger partial charge is 0.452 e. The molecule has 0 spiro atoms. The smallest absolute Gasteiger partial charge is 0.289 e. The Morgan fingerprint density at radius 1 is 1.00 bits per heavy atom. The predicted octanol–water partition coefficient (Wildman–Crippen LogP) is 3.16. The Morgan fingerprint density at radius 2 is 1.76 bits per heavy atom. The lowest BCUT2D eigenvalue weighted by atomic mass is 10.2. The zero-order valence-electron chi connectivity index (χ0n) is 16.3. The molecule has 3 aromatic rings. The minimum Gasteiger partial charge on any atom is -0.452 e. The Morgan fingerprint density at radius 3 is 2.48 bits per heavy atom. The van der Waals surface area contributed by atoms with E-state index in [9.17, 15) is 9.59 Å². The van der Waals surface area contributed by atoms with Crippen molar-refractivity contribution in [2.45, 2.75) is 6.92 Å². The molecule has 148 valence electrons. The van der Waals surface area contributed by atoms with Crippen LogP contribution >= 0.6 is 0 Å². The molecule has 1 aliphatic rings. The molecule has 6 nitrogen and oxygen atoms in total. The number of ether oxygens (including phenoxy) is 1. The molecule has 0 aliphatic carbocycles. The van der Waals surface area contributed by atoms with Gasteiger partial charge in [-0.3, -0.25) is 9.59 Å². The first-order valence-corrected chi connectivity index (χ1v) is 9.70. The molecular formula is C23H23N3O3. The van der Waals surface area contributed by atoms with Gasteiger partial charge in [0.1, 0.15) is 5.75 Å². The number of benzene rings is 2. The second-order valence-electron chi connectivity index (χ2n) is 6.94. The van der Waals surface area contributed by atoms with Crippen LogP contribution in [0.15, 0.2) is 77.3 Å². The zero-order valence-corrected chi connectivity index (χ0v) is 16.3. The number of para-hydroxylation sites is 1. The maximum Gasteiger partial charge on any atom is 0.289 e. The van der Waals surface area contributed by atoms with E-state index < -0.39 is 0 Å². The fourth-order valence-corrected chi connectivity index (χ4v) is 3.51. The summed E-state index contributed by atoms with van der Waals surface area (Å²) in [5, 5.41) is 0.849. The summed E-state index contributed by atoms with van der Waals surface area (Å²) in [7, 11) is 0. The van der Waals surface area contributed by atoms with E-state index >= 15 is 0 Å². The van der Waals surface area contributed by atoms with Crippen LogP contribution in [0.2, 0.25) is 0 Å². The third kappa shape index (κ3) is 4.16. The molecule has 1 aromatic heterocycles. The summed E-state index contributed by atoms with van der Waals surface area (Å²) in [5.41, 5.74) is 1.76. The van der Waals surface area contributed by atoms with Crippen molar-refractivity contribution < 1.29 is 9.53 Å². The van der Waals surface area contributed by atoms with Crippen LogP contribution in [0.1, 0.15) is 6.92 Å². The molecule has 2 heterocycles. The molecule has 1 aliphatic heterocycles. The van der Waals surface area contributed by atoms with Gasteiger partial charge in [0.05, 0.1) is 0 Å². The number of hydrogen-bond donors (Lipinski definition) is 1. The van der Waals surface area contributed by atoms with E-state index in [1.54, 1.807) is 31.2 Å². The van der Waals surface area contributed by atoms with Gasteiger partial charge in [-0.25, -0.2) is 0 Å². The molecule has 29 heavy (non-hydrogen) atoms. The normalized spacial score (nSPS) is 14.9. The molecule has 2 aromatic carbocycles. The van der Waals surface area contributed by atoms with Crippen LogP contribution in [0.25, 0.3) is 10.9 Å². The third-order valence-corrected chi connectivity index (χ3v) is 5.08. The standard InChI is InChI=1S/C23H23N3O3/c1-2-21(29-19-9-10-20-17(16-19)8-11-22(27)24-20)23(28)26-14-12-25(13-15-26)18-6-4-3-5-7-18/h2-11,16H,12-15H2,1H3,(H,24,27). The van der Waals surface area contributed by atoms with Crippen molar-refractivity contribution >= 4 is 22.5 Å². The van der Waals surface area contributed by atoms with Gasteiger partial charge in [0.25, 0.3) is 5.91 Å². The third-order valence-electron chi connectivity index (χ3n) is 5.08. The lowest BCUT2D eigenvalue weighted by Crippen LogP contribution is -2.49. The van der Waals surface area contributed by atoms with Gasteiger partial charge >= 0.3 is 0 Å². The number of carbonyl (C=O) groups excluding carboxylic acids is 1. The highest BCUT2D eigenvalue weighted by Crippen LogP contribution is 2.22. The van der Waals surface area contributed by atoms with Gasteiger partial charge in [-0.2, -0.15) is 0 Å². The first-order chi connectivity index (χ1) is 14.1. The monoisotopic (exact) mass is 389 g/mol. The second-order valence-corrected chi connectivity index (χ2v) is 6.94. The van der Waals surface area contributed by atoms with Crippen LogP contribution in [-0.2, 0) is 4.79 Å². The van der Waals surface area contributed by atoms with Crippen LogP contribution < -0.4 is 15.2 Å². The Hall–Kier alpha value is -3.54. The number of aromatic amines is 1. The summed E-state index contributed by atoms with van der Waals surface area (Å²) < 4.78 is 5.89. The number of fused-ring (bicyclic) bond motifs is 1. The van der Waals surface area contributed by atoms with E-state index in [2.05, 4.69) is 22.0 Å². The Balaban J connectivity index is 1.42. The van der Waals surface area contributed by atoms with E-state index in [1.165, 1.54) is 11.8 Å². The minimum atomic E-state index is -0.148. The molecule has 4 rings (SSSR count). The number of carbonyl (C=O) groups is 1. The fourth-order valence-electron chi connectivity index (χ4n) is 3.51. The topological polar surface area (TPSA) is 65.6 Å². The molecule has 6 heteroatoms. The Kier molecular flexibility index (Phi) is 5.33. The average Bonchev–Trinajstić information content (AvgIpc) is 2.77. The molecule has 1 amide bonds. The van der Waals surface area contributed by atoms with Crippen molar-refractivity contribution in [3.05, 3.63) is 82.9 Å². The molecular weight excluding hydrogens is 366 g/mol. The first kappa shape index (κ1) is 18.8. The number of anilines is 1. The number of H-pyrrole nitrogens is 1. The lowest BCUT2D eigenvalue weighted by molar-refractivity contribution is -0.129. The highest BCUT2D eigenvalue weighted by Gasteiger charge is 2.24. The van der Waals surface area contributed by atoms with Crippen molar-refractivity contribution in [2.75, 3.05) is 31.1 Å². The quantitative estimate of drug-likeness (QED) is 0.550. The summed E-state index contributed by atoms with van der Waals surface area (Å²) in [4.78, 5) is 31.3. The number of aromatic nitrogens is 1. The van der Waals surface area contributed by atoms with Crippen LogP contribution in [0.5, 0.6) is 5.75 Å². The Bertz CT molecular complexity index is 1100. The van der Waals surface area contributed by atoms with Gasteiger partial charge in [-0.15, -0.1) is 0 Å². The number of allylic oxidation sites excluding steroid dienone is 1. The Labute approximate surface area is 169 Å². The number of rotatable bonds is 4. The summed E-state index contributed by atoms with van der Waals surface area (Å²) in [6, 6.07) is 18.8. The van der Waals surface area contributed by atoms with Gasteiger partial charge < -0.3 is 19.5 Å². The van der Waals surface area contributed by atoms with Crippen molar-refractivity contribution in [3.63, 3.8) is 0 Å². The molecule has 0 unspecified atom stereocenters. The molecule has 1 N–H and O–H groups in total. The van der Waals surface area contributed by atoms with Crippen molar-refractivity contribution in [3.8, 4) is 5.75 Å². The van der Waals surface area contributed by atoms with Crippen LogP contribution in [0.4, 0.5) is 5.69 Å². The number of nitrogens with zero attached hydrogens (tertiary/aromatic N) is 2. The van der Waals surface area contributed by atoms with Crippen LogP contribution in [-0.4, -0.2) is 42.0 Å². The van der Waals surface area contributed by atoms with Crippen LogP contribution in [0, 0.1) is 0 Å². The highest BCUT2D eigenvalue weighted by atomic mass is 16.5. The van der Waals surface area contributed by atoms with Gasteiger partial charge in [-0.1, -0.05) is 18.2 Å². The predicted molar refractivity (Wildman–Crippen MR) is 114 cm³/mol. The minimum absolute atomic E-state index is 0.109. The first-order valence-electron chi connectivity index (χ1n) is 9.70. The maximum atomic E-state index is 13.0. The fraction of sp³-hybridized carbons (Fsp3) is 0.217. The van der Waals surface area contributed by atoms with Gasteiger partial charge in [-0.05, 0) is 49.4 Å². The van der Waals surface area contributed by atoms with E-state index in [-0.39, 0.29) is 11.5 Å². The number of pyridine rings is 1. The summed E-state index contributed by atoms with van der Waals surface area (Å²) in [6.07, 6.45) is 1.70. The number of amides is 1. The van der Waals surface area contributed by atoms with Crippen LogP contribution in [0.3, 0.4) is 0 Å². The summed E-state index contributed by atoms with van der Waals surface area (Å²) in [6.45, 7) is 4.67.